The molecular weight excluding hydrogens is 380 g/mol. The van der Waals surface area contributed by atoms with Crippen LogP contribution in [0.2, 0.25) is 0 Å². The van der Waals surface area contributed by atoms with E-state index in [0.717, 1.165) is 30.9 Å². The zero-order valence-corrected chi connectivity index (χ0v) is 17.1. The molecule has 1 saturated heterocycles. The van der Waals surface area contributed by atoms with Crippen molar-refractivity contribution in [1.29, 1.82) is 0 Å². The summed E-state index contributed by atoms with van der Waals surface area (Å²) in [5.41, 5.74) is 2.14. The lowest BCUT2D eigenvalue weighted by Crippen LogP contribution is -2.49. The van der Waals surface area contributed by atoms with Gasteiger partial charge in [0.05, 0.1) is 6.61 Å². The minimum absolute atomic E-state index is 0.0210. The Morgan fingerprint density at radius 2 is 1.73 bits per heavy atom. The maximum atomic E-state index is 12.6. The number of carbonyl (C=O) groups excluding carboxylic acids is 1. The molecule has 0 atom stereocenters. The molecule has 0 saturated carbocycles. The Morgan fingerprint density at radius 3 is 2.43 bits per heavy atom. The van der Waals surface area contributed by atoms with Crippen LogP contribution in [0, 0.1) is 0 Å². The highest BCUT2D eigenvalue weighted by atomic mass is 16.5. The number of rotatable bonds is 7. The first-order valence-electron chi connectivity index (χ1n) is 10.3. The Bertz CT molecular complexity index is 949. The van der Waals surface area contributed by atoms with Gasteiger partial charge in [-0.1, -0.05) is 42.5 Å². The van der Waals surface area contributed by atoms with Crippen LogP contribution in [0.25, 0.3) is 11.4 Å². The molecular formula is C22H26N6O2. The highest BCUT2D eigenvalue weighted by Gasteiger charge is 2.22. The van der Waals surface area contributed by atoms with Gasteiger partial charge in [0, 0.05) is 38.3 Å². The van der Waals surface area contributed by atoms with Gasteiger partial charge in [-0.05, 0) is 29.8 Å². The highest BCUT2D eigenvalue weighted by Crippen LogP contribution is 2.15. The molecule has 4 rings (SSSR count). The van der Waals surface area contributed by atoms with Crippen molar-refractivity contribution >= 4 is 5.91 Å². The number of hydrogen-bond acceptors (Lipinski definition) is 6. The van der Waals surface area contributed by atoms with Crippen LogP contribution < -0.4 is 4.74 Å². The van der Waals surface area contributed by atoms with E-state index in [1.807, 2.05) is 54.3 Å². The highest BCUT2D eigenvalue weighted by molar-refractivity contribution is 5.76. The average molecular weight is 406 g/mol. The molecule has 8 nitrogen and oxygen atoms in total. The second-order valence-electron chi connectivity index (χ2n) is 7.24. The van der Waals surface area contributed by atoms with Crippen LogP contribution in [0.3, 0.4) is 0 Å². The number of carbonyl (C=O) groups is 1. The van der Waals surface area contributed by atoms with E-state index in [-0.39, 0.29) is 12.5 Å². The molecule has 0 spiro atoms. The Balaban J connectivity index is 1.26. The summed E-state index contributed by atoms with van der Waals surface area (Å²) >= 11 is 0. The predicted molar refractivity (Wildman–Crippen MR) is 113 cm³/mol. The van der Waals surface area contributed by atoms with E-state index in [1.165, 1.54) is 10.4 Å². The van der Waals surface area contributed by atoms with E-state index in [0.29, 0.717) is 25.5 Å². The number of aromatic nitrogens is 4. The number of nitrogens with zero attached hydrogens (tertiary/aromatic N) is 6. The number of amides is 1. The Kier molecular flexibility index (Phi) is 6.34. The summed E-state index contributed by atoms with van der Waals surface area (Å²) in [4.78, 5) is 18.3. The van der Waals surface area contributed by atoms with E-state index in [1.54, 1.807) is 0 Å². The standard InChI is InChI=1S/C22H26N6O2/c1-2-30-20-10-8-18(9-11-20)16-26-12-14-27(15-13-26)21(29)17-28-24-22(23-25-28)19-6-4-3-5-7-19/h3-11H,2,12-17H2,1H3. The van der Waals surface area contributed by atoms with Crippen LogP contribution in [0.5, 0.6) is 5.75 Å². The Hall–Kier alpha value is -3.26. The lowest BCUT2D eigenvalue weighted by atomic mass is 10.2. The number of piperazine rings is 1. The summed E-state index contributed by atoms with van der Waals surface area (Å²) in [7, 11) is 0. The molecule has 1 aliphatic rings. The van der Waals surface area contributed by atoms with Crippen molar-refractivity contribution in [3.8, 4) is 17.1 Å². The fourth-order valence-corrected chi connectivity index (χ4v) is 3.51. The molecule has 30 heavy (non-hydrogen) atoms. The molecule has 8 heteroatoms. The summed E-state index contributed by atoms with van der Waals surface area (Å²) in [5, 5.41) is 12.4. The van der Waals surface area contributed by atoms with Crippen molar-refractivity contribution in [1.82, 2.24) is 30.0 Å². The van der Waals surface area contributed by atoms with Gasteiger partial charge in [0.15, 0.2) is 0 Å². The van der Waals surface area contributed by atoms with Crippen LogP contribution in [0.1, 0.15) is 12.5 Å². The van der Waals surface area contributed by atoms with Gasteiger partial charge in [0.25, 0.3) is 0 Å². The fraction of sp³-hybridized carbons (Fsp3) is 0.364. The summed E-state index contributed by atoms with van der Waals surface area (Å²) < 4.78 is 5.49. The van der Waals surface area contributed by atoms with Gasteiger partial charge >= 0.3 is 0 Å². The SMILES string of the molecule is CCOc1ccc(CN2CCN(C(=O)Cn3nnc(-c4ccccc4)n3)CC2)cc1. The minimum atomic E-state index is 0.0210. The third kappa shape index (κ3) is 5.01. The van der Waals surface area contributed by atoms with Gasteiger partial charge in [0.1, 0.15) is 12.3 Å². The smallest absolute Gasteiger partial charge is 0.246 e. The number of benzene rings is 2. The fourth-order valence-electron chi connectivity index (χ4n) is 3.51. The van der Waals surface area contributed by atoms with Gasteiger partial charge in [0.2, 0.25) is 11.7 Å². The van der Waals surface area contributed by atoms with E-state index in [2.05, 4.69) is 32.4 Å². The molecule has 156 valence electrons. The monoisotopic (exact) mass is 406 g/mol. The molecule has 1 aromatic heterocycles. The third-order valence-electron chi connectivity index (χ3n) is 5.13. The molecule has 1 aliphatic heterocycles. The first-order valence-corrected chi connectivity index (χ1v) is 10.3. The van der Waals surface area contributed by atoms with E-state index >= 15 is 0 Å². The lowest BCUT2D eigenvalue weighted by molar-refractivity contribution is -0.134. The van der Waals surface area contributed by atoms with E-state index in [9.17, 15) is 4.79 Å². The number of ether oxygens (including phenoxy) is 1. The lowest BCUT2D eigenvalue weighted by Gasteiger charge is -2.34. The second kappa shape index (κ2) is 9.49. The Labute approximate surface area is 176 Å². The van der Waals surface area contributed by atoms with E-state index in [4.69, 9.17) is 4.74 Å². The van der Waals surface area contributed by atoms with Crippen LogP contribution in [0.15, 0.2) is 54.6 Å². The zero-order chi connectivity index (χ0) is 20.8. The molecule has 2 heterocycles. The normalized spacial score (nSPS) is 14.6. The molecule has 0 aliphatic carbocycles. The van der Waals surface area contributed by atoms with Crippen molar-refractivity contribution in [2.45, 2.75) is 20.0 Å². The molecule has 3 aromatic rings. The van der Waals surface area contributed by atoms with Crippen LogP contribution in [-0.4, -0.2) is 68.7 Å². The van der Waals surface area contributed by atoms with Crippen LogP contribution in [0.4, 0.5) is 0 Å². The van der Waals surface area contributed by atoms with Crippen molar-refractivity contribution in [3.63, 3.8) is 0 Å². The van der Waals surface area contributed by atoms with Crippen LogP contribution in [-0.2, 0) is 17.9 Å². The molecule has 1 fully saturated rings. The number of tetrazole rings is 1. The average Bonchev–Trinajstić information content (AvgIpc) is 3.25. The summed E-state index contributed by atoms with van der Waals surface area (Å²) in [6, 6.07) is 17.8. The first-order chi connectivity index (χ1) is 14.7. The minimum Gasteiger partial charge on any atom is -0.494 e. The molecule has 2 aromatic carbocycles. The summed E-state index contributed by atoms with van der Waals surface area (Å²) in [6.07, 6.45) is 0. The number of hydrogen-bond donors (Lipinski definition) is 0. The van der Waals surface area contributed by atoms with Gasteiger partial charge in [-0.2, -0.15) is 4.80 Å². The largest absolute Gasteiger partial charge is 0.494 e. The van der Waals surface area contributed by atoms with Gasteiger partial charge in [-0.25, -0.2) is 0 Å². The molecule has 1 amide bonds. The van der Waals surface area contributed by atoms with Gasteiger partial charge < -0.3 is 9.64 Å². The quantitative estimate of drug-likeness (QED) is 0.598. The molecule has 0 unspecified atom stereocenters. The third-order valence-corrected chi connectivity index (χ3v) is 5.13. The Morgan fingerprint density at radius 1 is 1.00 bits per heavy atom. The second-order valence-corrected chi connectivity index (χ2v) is 7.24. The van der Waals surface area contributed by atoms with Crippen molar-refractivity contribution in [2.24, 2.45) is 0 Å². The zero-order valence-electron chi connectivity index (χ0n) is 17.1. The maximum absolute atomic E-state index is 12.6. The van der Waals surface area contributed by atoms with Crippen molar-refractivity contribution < 1.29 is 9.53 Å². The molecule has 0 bridgehead atoms. The first kappa shape index (κ1) is 20.0. The van der Waals surface area contributed by atoms with Gasteiger partial charge in [-0.15, -0.1) is 10.2 Å². The van der Waals surface area contributed by atoms with Crippen molar-refractivity contribution in [2.75, 3.05) is 32.8 Å². The predicted octanol–water partition coefficient (Wildman–Crippen LogP) is 2.08. The maximum Gasteiger partial charge on any atom is 0.246 e. The molecule has 0 N–H and O–H groups in total. The summed E-state index contributed by atoms with van der Waals surface area (Å²) in [5.74, 6) is 1.45. The molecule has 0 radical (unpaired) electrons. The van der Waals surface area contributed by atoms with Crippen molar-refractivity contribution in [3.05, 3.63) is 60.2 Å². The van der Waals surface area contributed by atoms with E-state index < -0.39 is 0 Å². The van der Waals surface area contributed by atoms with Gasteiger partial charge in [-0.3, -0.25) is 9.69 Å². The summed E-state index contributed by atoms with van der Waals surface area (Å²) in [6.45, 7) is 6.74. The van der Waals surface area contributed by atoms with Crippen LogP contribution >= 0.6 is 0 Å². The topological polar surface area (TPSA) is 76.4 Å².